The van der Waals surface area contributed by atoms with Gasteiger partial charge in [0.05, 0.1) is 16.3 Å². The van der Waals surface area contributed by atoms with Crippen molar-refractivity contribution >= 4 is 9.84 Å². The monoisotopic (exact) mass is 325 g/mol. The van der Waals surface area contributed by atoms with Crippen molar-refractivity contribution in [1.29, 1.82) is 0 Å². The Morgan fingerprint density at radius 3 is 2.35 bits per heavy atom. The molecule has 0 aromatic carbocycles. The summed E-state index contributed by atoms with van der Waals surface area (Å²) < 4.78 is 24.4. The van der Waals surface area contributed by atoms with E-state index in [1.807, 2.05) is 18.2 Å². The second-order valence-corrected chi connectivity index (χ2v) is 7.17. The number of hydrogen-bond acceptors (Lipinski definition) is 5. The van der Waals surface area contributed by atoms with Gasteiger partial charge in [-0.05, 0) is 35.9 Å². The minimum absolute atomic E-state index is 0.0286. The fourth-order valence-electron chi connectivity index (χ4n) is 2.24. The summed E-state index contributed by atoms with van der Waals surface area (Å²) in [6.07, 6.45) is 6.71. The van der Waals surface area contributed by atoms with E-state index in [1.165, 1.54) is 0 Å². The van der Waals surface area contributed by atoms with Crippen molar-refractivity contribution in [3.63, 3.8) is 0 Å². The van der Waals surface area contributed by atoms with Gasteiger partial charge < -0.3 is 0 Å². The van der Waals surface area contributed by atoms with Gasteiger partial charge in [0.15, 0.2) is 9.84 Å². The van der Waals surface area contributed by atoms with Gasteiger partial charge >= 0.3 is 0 Å². The fourth-order valence-corrected chi connectivity index (χ4v) is 3.29. The highest BCUT2D eigenvalue weighted by molar-refractivity contribution is 7.91. The SMILES string of the molecule is CCS(=O)(=O)c1cccnc1-c1ccc(-c2ccncc2)cn1. The molecule has 0 saturated carbocycles. The van der Waals surface area contributed by atoms with Gasteiger partial charge in [0.1, 0.15) is 5.69 Å². The highest BCUT2D eigenvalue weighted by atomic mass is 32.2. The minimum atomic E-state index is -3.35. The van der Waals surface area contributed by atoms with Gasteiger partial charge in [-0.2, -0.15) is 0 Å². The summed E-state index contributed by atoms with van der Waals surface area (Å²) in [6, 6.07) is 10.7. The van der Waals surface area contributed by atoms with Crippen LogP contribution in [0.1, 0.15) is 6.92 Å². The lowest BCUT2D eigenvalue weighted by Crippen LogP contribution is -2.07. The standard InChI is InChI=1S/C17H15N3O2S/c1-2-23(21,22)16-4-3-9-19-17(16)15-6-5-14(12-20-15)13-7-10-18-11-8-13/h3-12H,2H2,1H3. The molecule has 0 unspecified atom stereocenters. The molecule has 6 heteroatoms. The molecule has 0 bridgehead atoms. The first kappa shape index (κ1) is 15.3. The highest BCUT2D eigenvalue weighted by Crippen LogP contribution is 2.26. The van der Waals surface area contributed by atoms with Crippen molar-refractivity contribution < 1.29 is 8.42 Å². The van der Waals surface area contributed by atoms with Crippen molar-refractivity contribution in [2.24, 2.45) is 0 Å². The van der Waals surface area contributed by atoms with E-state index in [0.717, 1.165) is 11.1 Å². The molecule has 0 aliphatic heterocycles. The maximum absolute atomic E-state index is 12.2. The summed E-state index contributed by atoms with van der Waals surface area (Å²) in [5.74, 6) is 0.0286. The van der Waals surface area contributed by atoms with E-state index in [4.69, 9.17) is 0 Å². The number of aromatic nitrogens is 3. The molecule has 0 fully saturated rings. The smallest absolute Gasteiger partial charge is 0.180 e. The Labute approximate surface area is 135 Å². The number of pyridine rings is 3. The van der Waals surface area contributed by atoms with Crippen LogP contribution in [0.4, 0.5) is 0 Å². The lowest BCUT2D eigenvalue weighted by Gasteiger charge is -2.08. The summed E-state index contributed by atoms with van der Waals surface area (Å²) in [5, 5.41) is 0. The van der Waals surface area contributed by atoms with Crippen molar-refractivity contribution in [1.82, 2.24) is 15.0 Å². The molecule has 3 aromatic rings. The summed E-state index contributed by atoms with van der Waals surface area (Å²) >= 11 is 0. The zero-order valence-electron chi connectivity index (χ0n) is 12.5. The average Bonchev–Trinajstić information content (AvgIpc) is 2.62. The van der Waals surface area contributed by atoms with Gasteiger partial charge in [-0.25, -0.2) is 8.42 Å². The molecular formula is C17H15N3O2S. The second kappa shape index (κ2) is 6.26. The number of rotatable bonds is 4. The van der Waals surface area contributed by atoms with Crippen LogP contribution in [0.15, 0.2) is 66.1 Å². The Hall–Kier alpha value is -2.60. The van der Waals surface area contributed by atoms with E-state index in [9.17, 15) is 8.42 Å². The van der Waals surface area contributed by atoms with Gasteiger partial charge in [-0.15, -0.1) is 0 Å². The van der Waals surface area contributed by atoms with E-state index >= 15 is 0 Å². The van der Waals surface area contributed by atoms with E-state index in [1.54, 1.807) is 49.9 Å². The third kappa shape index (κ3) is 3.12. The molecule has 0 aliphatic rings. The molecule has 0 saturated heterocycles. The summed E-state index contributed by atoms with van der Waals surface area (Å²) in [6.45, 7) is 1.62. The summed E-state index contributed by atoms with van der Waals surface area (Å²) in [5.41, 5.74) is 2.86. The maximum Gasteiger partial charge on any atom is 0.180 e. The molecular weight excluding hydrogens is 310 g/mol. The van der Waals surface area contributed by atoms with Gasteiger partial charge in [0, 0.05) is 30.4 Å². The van der Waals surface area contributed by atoms with E-state index in [0.29, 0.717) is 11.4 Å². The van der Waals surface area contributed by atoms with Crippen LogP contribution >= 0.6 is 0 Å². The molecule has 3 aromatic heterocycles. The van der Waals surface area contributed by atoms with Crippen LogP contribution in [-0.4, -0.2) is 29.1 Å². The topological polar surface area (TPSA) is 72.8 Å². The molecule has 23 heavy (non-hydrogen) atoms. The molecule has 5 nitrogen and oxygen atoms in total. The third-order valence-electron chi connectivity index (χ3n) is 3.51. The Morgan fingerprint density at radius 2 is 1.70 bits per heavy atom. The molecule has 3 heterocycles. The second-order valence-electron chi connectivity index (χ2n) is 4.92. The van der Waals surface area contributed by atoms with Crippen LogP contribution < -0.4 is 0 Å². The van der Waals surface area contributed by atoms with E-state index in [-0.39, 0.29) is 10.6 Å². The molecule has 116 valence electrons. The molecule has 0 atom stereocenters. The normalized spacial score (nSPS) is 11.3. The predicted octanol–water partition coefficient (Wildman–Crippen LogP) is 3.00. The first-order chi connectivity index (χ1) is 11.1. The van der Waals surface area contributed by atoms with Crippen molar-refractivity contribution in [2.75, 3.05) is 5.75 Å². The Kier molecular flexibility index (Phi) is 4.16. The molecule has 3 rings (SSSR count). The Balaban J connectivity index is 2.04. The average molecular weight is 325 g/mol. The van der Waals surface area contributed by atoms with E-state index < -0.39 is 9.84 Å². The molecule has 0 amide bonds. The lowest BCUT2D eigenvalue weighted by molar-refractivity contribution is 0.597. The fraction of sp³-hybridized carbons (Fsp3) is 0.118. The minimum Gasteiger partial charge on any atom is -0.265 e. The molecule has 0 radical (unpaired) electrons. The zero-order chi connectivity index (χ0) is 16.3. The number of hydrogen-bond donors (Lipinski definition) is 0. The first-order valence-corrected chi connectivity index (χ1v) is 8.81. The molecule has 0 N–H and O–H groups in total. The van der Waals surface area contributed by atoms with Crippen molar-refractivity contribution in [2.45, 2.75) is 11.8 Å². The summed E-state index contributed by atoms with van der Waals surface area (Å²) in [4.78, 5) is 12.8. The van der Waals surface area contributed by atoms with Crippen LogP contribution in [-0.2, 0) is 9.84 Å². The van der Waals surface area contributed by atoms with Crippen molar-refractivity contribution in [3.8, 4) is 22.5 Å². The zero-order valence-corrected chi connectivity index (χ0v) is 13.4. The van der Waals surface area contributed by atoms with Crippen LogP contribution in [0.25, 0.3) is 22.5 Å². The molecule has 0 spiro atoms. The van der Waals surface area contributed by atoms with Crippen LogP contribution in [0.3, 0.4) is 0 Å². The number of sulfone groups is 1. The van der Waals surface area contributed by atoms with Gasteiger partial charge in [-0.3, -0.25) is 15.0 Å². The van der Waals surface area contributed by atoms with Gasteiger partial charge in [0.2, 0.25) is 0 Å². The third-order valence-corrected chi connectivity index (χ3v) is 5.27. The highest BCUT2D eigenvalue weighted by Gasteiger charge is 2.19. The quantitative estimate of drug-likeness (QED) is 0.737. The Bertz CT molecular complexity index is 908. The molecule has 0 aliphatic carbocycles. The Morgan fingerprint density at radius 1 is 0.913 bits per heavy atom. The van der Waals surface area contributed by atoms with Gasteiger partial charge in [-0.1, -0.05) is 13.0 Å². The largest absolute Gasteiger partial charge is 0.265 e. The van der Waals surface area contributed by atoms with Gasteiger partial charge in [0.25, 0.3) is 0 Å². The predicted molar refractivity (Wildman–Crippen MR) is 88.4 cm³/mol. The van der Waals surface area contributed by atoms with Crippen LogP contribution in [0.2, 0.25) is 0 Å². The maximum atomic E-state index is 12.2. The van der Waals surface area contributed by atoms with Crippen LogP contribution in [0, 0.1) is 0 Å². The first-order valence-electron chi connectivity index (χ1n) is 7.16. The summed E-state index contributed by atoms with van der Waals surface area (Å²) in [7, 11) is -3.35. The van der Waals surface area contributed by atoms with Crippen molar-refractivity contribution in [3.05, 3.63) is 61.2 Å². The lowest BCUT2D eigenvalue weighted by atomic mass is 10.1. The number of nitrogens with zero attached hydrogens (tertiary/aromatic N) is 3. The van der Waals surface area contributed by atoms with Crippen LogP contribution in [0.5, 0.6) is 0 Å². The van der Waals surface area contributed by atoms with E-state index in [2.05, 4.69) is 15.0 Å².